The predicted octanol–water partition coefficient (Wildman–Crippen LogP) is 2.93. The summed E-state index contributed by atoms with van der Waals surface area (Å²) in [6.07, 6.45) is 6.29. The highest BCUT2D eigenvalue weighted by Gasteiger charge is 2.30. The van der Waals surface area contributed by atoms with E-state index in [9.17, 15) is 4.79 Å². The second-order valence-corrected chi connectivity index (χ2v) is 8.55. The van der Waals surface area contributed by atoms with Gasteiger partial charge >= 0.3 is 6.03 Å². The first-order valence-corrected chi connectivity index (χ1v) is 10.8. The number of likely N-dealkylation sites (N-methyl/N-ethyl adjacent to an activating group) is 1. The second kappa shape index (κ2) is 8.70. The summed E-state index contributed by atoms with van der Waals surface area (Å²) in [6, 6.07) is 9.86. The number of carbonyl (C=O) groups excluding carboxylic acids is 1. The Morgan fingerprint density at radius 3 is 2.36 bits per heavy atom. The van der Waals surface area contributed by atoms with E-state index >= 15 is 0 Å². The van der Waals surface area contributed by atoms with Gasteiger partial charge < -0.3 is 19.9 Å². The zero-order valence-corrected chi connectivity index (χ0v) is 17.3. The molecule has 1 N–H and O–H groups in total. The highest BCUT2D eigenvalue weighted by molar-refractivity contribution is 5.94. The summed E-state index contributed by atoms with van der Waals surface area (Å²) in [4.78, 5) is 18.3. The molecule has 1 saturated carbocycles. The summed E-state index contributed by atoms with van der Waals surface area (Å²) in [6.45, 7) is 4.64. The van der Waals surface area contributed by atoms with Gasteiger partial charge in [-0.25, -0.2) is 4.79 Å². The smallest absolute Gasteiger partial charge is 0.324 e. The third-order valence-electron chi connectivity index (χ3n) is 6.73. The van der Waals surface area contributed by atoms with Crippen LogP contribution in [0.25, 0.3) is 0 Å². The molecule has 3 fully saturated rings. The lowest BCUT2D eigenvalue weighted by atomic mass is 9.99. The number of piperidine rings is 1. The van der Waals surface area contributed by atoms with Crippen LogP contribution >= 0.6 is 0 Å². The van der Waals surface area contributed by atoms with Gasteiger partial charge in [0.15, 0.2) is 0 Å². The van der Waals surface area contributed by atoms with Crippen molar-refractivity contribution < 1.29 is 9.53 Å². The molecule has 0 spiro atoms. The number of rotatable bonds is 6. The average Bonchev–Trinajstić information content (AvgIpc) is 3.29. The molecule has 6 nitrogen and oxygen atoms in total. The molecule has 1 aromatic carbocycles. The van der Waals surface area contributed by atoms with E-state index in [0.717, 1.165) is 38.5 Å². The minimum absolute atomic E-state index is 0.0957. The van der Waals surface area contributed by atoms with E-state index in [-0.39, 0.29) is 6.03 Å². The van der Waals surface area contributed by atoms with Crippen LogP contribution < -0.4 is 15.1 Å². The number of hydrogen-bond donors (Lipinski definition) is 1. The minimum Gasteiger partial charge on any atom is -0.384 e. The fraction of sp³-hybridized carbons (Fsp3) is 0.682. The minimum atomic E-state index is 0.0957. The average molecular weight is 387 g/mol. The first-order chi connectivity index (χ1) is 13.7. The molecule has 1 aliphatic carbocycles. The number of hydrogen-bond acceptors (Lipinski definition) is 4. The van der Waals surface area contributed by atoms with Crippen LogP contribution in [-0.2, 0) is 4.74 Å². The third kappa shape index (κ3) is 4.13. The zero-order chi connectivity index (χ0) is 19.5. The zero-order valence-electron chi connectivity index (χ0n) is 17.3. The maximum absolute atomic E-state index is 12.2. The van der Waals surface area contributed by atoms with E-state index in [1.54, 1.807) is 4.90 Å². The van der Waals surface area contributed by atoms with E-state index in [2.05, 4.69) is 34.5 Å². The van der Waals surface area contributed by atoms with Crippen LogP contribution in [0.15, 0.2) is 24.3 Å². The number of nitrogens with one attached hydrogen (secondary N) is 1. The van der Waals surface area contributed by atoms with Crippen molar-refractivity contribution in [2.45, 2.75) is 44.2 Å². The summed E-state index contributed by atoms with van der Waals surface area (Å²) in [7, 11) is 3.68. The molecule has 2 aliphatic heterocycles. The molecule has 0 aromatic heterocycles. The van der Waals surface area contributed by atoms with Crippen molar-refractivity contribution in [2.75, 3.05) is 56.7 Å². The van der Waals surface area contributed by atoms with Crippen LogP contribution in [0.3, 0.4) is 0 Å². The van der Waals surface area contributed by atoms with Crippen molar-refractivity contribution in [1.29, 1.82) is 0 Å². The molecule has 2 saturated heterocycles. The molecule has 6 heteroatoms. The van der Waals surface area contributed by atoms with Crippen molar-refractivity contribution in [2.24, 2.45) is 5.92 Å². The van der Waals surface area contributed by atoms with E-state index in [1.807, 2.05) is 19.1 Å². The summed E-state index contributed by atoms with van der Waals surface area (Å²) in [5.74, 6) is 0.683. The number of nitrogens with zero attached hydrogens (tertiary/aromatic N) is 3. The standard InChI is InChI=1S/C22H34N4O2/c1-24-14-15-26(22(24)27)20-8-6-19(7-9-20)25-12-10-18(11-13-25)23-21-5-3-4-17(21)16-28-2/h6-9,17-18,21,23H,3-5,10-16H2,1-2H3/t17-,21-/m1/s1. The van der Waals surface area contributed by atoms with Crippen molar-refractivity contribution in [1.82, 2.24) is 10.2 Å². The summed E-state index contributed by atoms with van der Waals surface area (Å²) < 4.78 is 5.40. The van der Waals surface area contributed by atoms with Gasteiger partial charge in [-0.15, -0.1) is 0 Å². The van der Waals surface area contributed by atoms with Gasteiger partial charge in [0.2, 0.25) is 0 Å². The summed E-state index contributed by atoms with van der Waals surface area (Å²) in [5.41, 5.74) is 2.26. The van der Waals surface area contributed by atoms with E-state index in [4.69, 9.17) is 4.74 Å². The molecule has 3 aliphatic rings. The maximum atomic E-state index is 12.2. The number of urea groups is 1. The summed E-state index contributed by atoms with van der Waals surface area (Å²) >= 11 is 0. The van der Waals surface area contributed by atoms with Gasteiger partial charge in [0.1, 0.15) is 0 Å². The number of carbonyl (C=O) groups is 1. The van der Waals surface area contributed by atoms with Crippen LogP contribution in [-0.4, -0.2) is 70.0 Å². The van der Waals surface area contributed by atoms with Crippen LogP contribution in [0.2, 0.25) is 0 Å². The van der Waals surface area contributed by atoms with Crippen LogP contribution in [0.4, 0.5) is 16.2 Å². The Labute approximate surface area is 168 Å². The molecule has 2 atom stereocenters. The molecule has 4 rings (SSSR count). The fourth-order valence-electron chi connectivity index (χ4n) is 5.01. The second-order valence-electron chi connectivity index (χ2n) is 8.55. The van der Waals surface area contributed by atoms with E-state index in [0.29, 0.717) is 18.0 Å². The Balaban J connectivity index is 1.28. The lowest BCUT2D eigenvalue weighted by Crippen LogP contribution is -2.47. The quantitative estimate of drug-likeness (QED) is 0.817. The molecule has 28 heavy (non-hydrogen) atoms. The molecule has 154 valence electrons. The Kier molecular flexibility index (Phi) is 6.07. The van der Waals surface area contributed by atoms with Crippen LogP contribution in [0.1, 0.15) is 32.1 Å². The van der Waals surface area contributed by atoms with Crippen LogP contribution in [0, 0.1) is 5.92 Å². The molecular weight excluding hydrogens is 352 g/mol. The Morgan fingerprint density at radius 1 is 1.00 bits per heavy atom. The lowest BCUT2D eigenvalue weighted by Gasteiger charge is -2.36. The molecular formula is C22H34N4O2. The highest BCUT2D eigenvalue weighted by atomic mass is 16.5. The topological polar surface area (TPSA) is 48.1 Å². The van der Waals surface area contributed by atoms with Crippen molar-refractivity contribution in [3.05, 3.63) is 24.3 Å². The van der Waals surface area contributed by atoms with Gasteiger partial charge in [0.25, 0.3) is 0 Å². The fourth-order valence-corrected chi connectivity index (χ4v) is 5.01. The van der Waals surface area contributed by atoms with Gasteiger partial charge in [-0.1, -0.05) is 6.42 Å². The molecule has 2 heterocycles. The molecule has 0 unspecified atom stereocenters. The van der Waals surface area contributed by atoms with Crippen molar-refractivity contribution in [3.8, 4) is 0 Å². The maximum Gasteiger partial charge on any atom is 0.324 e. The Morgan fingerprint density at radius 2 is 1.71 bits per heavy atom. The molecule has 1 aromatic rings. The van der Waals surface area contributed by atoms with Crippen molar-refractivity contribution in [3.63, 3.8) is 0 Å². The van der Waals surface area contributed by atoms with Gasteiger partial charge in [-0.2, -0.15) is 0 Å². The van der Waals surface area contributed by atoms with Gasteiger partial charge in [0, 0.05) is 63.8 Å². The number of methoxy groups -OCH3 is 1. The van der Waals surface area contributed by atoms with Gasteiger partial charge in [-0.05, 0) is 55.9 Å². The monoisotopic (exact) mass is 386 g/mol. The highest BCUT2D eigenvalue weighted by Crippen LogP contribution is 2.29. The first-order valence-electron chi connectivity index (χ1n) is 10.8. The normalized spacial score (nSPS) is 26.5. The predicted molar refractivity (Wildman–Crippen MR) is 113 cm³/mol. The summed E-state index contributed by atoms with van der Waals surface area (Å²) in [5, 5.41) is 3.92. The molecule has 0 bridgehead atoms. The Bertz CT molecular complexity index is 657. The van der Waals surface area contributed by atoms with Gasteiger partial charge in [0.05, 0.1) is 6.61 Å². The first kappa shape index (κ1) is 19.5. The van der Waals surface area contributed by atoms with Crippen LogP contribution in [0.5, 0.6) is 0 Å². The van der Waals surface area contributed by atoms with Crippen molar-refractivity contribution >= 4 is 17.4 Å². The molecule has 2 amide bonds. The number of ether oxygens (including phenoxy) is 1. The largest absolute Gasteiger partial charge is 0.384 e. The molecule has 0 radical (unpaired) electrons. The van der Waals surface area contributed by atoms with E-state index < -0.39 is 0 Å². The SMILES string of the molecule is COC[C@H]1CCC[C@H]1NC1CCN(c2ccc(N3CCN(C)C3=O)cc2)CC1. The third-order valence-corrected chi connectivity index (χ3v) is 6.73. The number of amides is 2. The number of anilines is 2. The number of benzene rings is 1. The lowest BCUT2D eigenvalue weighted by molar-refractivity contribution is 0.136. The Hall–Kier alpha value is -1.79. The van der Waals surface area contributed by atoms with E-state index in [1.165, 1.54) is 37.8 Å². The van der Waals surface area contributed by atoms with Gasteiger partial charge in [-0.3, -0.25) is 4.90 Å².